The Morgan fingerprint density at radius 1 is 1.16 bits per heavy atom. The van der Waals surface area contributed by atoms with Gasteiger partial charge in [-0.3, -0.25) is 19.3 Å². The fraction of sp³-hybridized carbons (Fsp3) is 0.375. The Kier molecular flexibility index (Phi) is 5.86. The van der Waals surface area contributed by atoms with Crippen molar-refractivity contribution < 1.29 is 18.8 Å². The van der Waals surface area contributed by atoms with Crippen LogP contribution in [0.4, 0.5) is 15.8 Å². The molecule has 1 fully saturated rings. The molecule has 0 bridgehead atoms. The lowest BCUT2D eigenvalue weighted by molar-refractivity contribution is -0.124. The van der Waals surface area contributed by atoms with E-state index in [1.807, 2.05) is 6.92 Å². The van der Waals surface area contributed by atoms with Crippen molar-refractivity contribution in [3.8, 4) is 0 Å². The number of nitrogens with one attached hydrogen (secondary N) is 1. The van der Waals surface area contributed by atoms with Crippen molar-refractivity contribution in [2.24, 2.45) is 0 Å². The predicted octanol–water partition coefficient (Wildman–Crippen LogP) is 2.77. The lowest BCUT2D eigenvalue weighted by Gasteiger charge is -2.48. The van der Waals surface area contributed by atoms with Gasteiger partial charge in [-0.05, 0) is 44.0 Å². The molecule has 2 heterocycles. The first kappa shape index (κ1) is 21.8. The molecule has 0 radical (unpaired) electrons. The van der Waals surface area contributed by atoms with Crippen LogP contribution >= 0.6 is 0 Å². The number of rotatable bonds is 7. The van der Waals surface area contributed by atoms with Gasteiger partial charge < -0.3 is 15.1 Å². The summed E-state index contributed by atoms with van der Waals surface area (Å²) in [6.07, 6.45) is 1.43. The number of fused-ring (bicyclic) bond motifs is 3. The highest BCUT2D eigenvalue weighted by Gasteiger charge is 2.53. The van der Waals surface area contributed by atoms with Gasteiger partial charge in [0.05, 0.1) is 16.9 Å². The molecule has 1 N–H and O–H groups in total. The first-order valence-corrected chi connectivity index (χ1v) is 10.8. The first-order chi connectivity index (χ1) is 15.3. The van der Waals surface area contributed by atoms with E-state index in [4.69, 9.17) is 0 Å². The van der Waals surface area contributed by atoms with Crippen LogP contribution in [0.5, 0.6) is 0 Å². The third-order valence-electron chi connectivity index (χ3n) is 6.30. The lowest BCUT2D eigenvalue weighted by atomic mass is 9.98. The fourth-order valence-electron chi connectivity index (χ4n) is 4.57. The number of amides is 3. The molecule has 7 nitrogen and oxygen atoms in total. The van der Waals surface area contributed by atoms with Gasteiger partial charge in [0.15, 0.2) is 0 Å². The van der Waals surface area contributed by atoms with Gasteiger partial charge >= 0.3 is 0 Å². The van der Waals surface area contributed by atoms with E-state index in [0.717, 1.165) is 0 Å². The third-order valence-corrected chi connectivity index (χ3v) is 6.30. The van der Waals surface area contributed by atoms with Crippen molar-refractivity contribution in [3.63, 3.8) is 0 Å². The molecule has 0 aromatic heterocycles. The topological polar surface area (TPSA) is 73.0 Å². The molecule has 1 unspecified atom stereocenters. The minimum atomic E-state index is -0.856. The van der Waals surface area contributed by atoms with Crippen LogP contribution < -0.4 is 15.1 Å². The quantitative estimate of drug-likeness (QED) is 0.675. The molecule has 168 valence electrons. The van der Waals surface area contributed by atoms with Gasteiger partial charge in [-0.2, -0.15) is 0 Å². The summed E-state index contributed by atoms with van der Waals surface area (Å²) in [5, 5.41) is 2.85. The van der Waals surface area contributed by atoms with Gasteiger partial charge in [-0.15, -0.1) is 0 Å². The number of hydrogen-bond acceptors (Lipinski definition) is 4. The molecule has 0 saturated carbocycles. The second kappa shape index (κ2) is 8.61. The first-order valence-electron chi connectivity index (χ1n) is 10.8. The smallest absolute Gasteiger partial charge is 0.258 e. The number of nitrogens with zero attached hydrogens (tertiary/aromatic N) is 3. The Labute approximate surface area is 186 Å². The van der Waals surface area contributed by atoms with Crippen LogP contribution in [0.15, 0.2) is 48.5 Å². The van der Waals surface area contributed by atoms with Crippen LogP contribution in [0, 0.1) is 5.82 Å². The summed E-state index contributed by atoms with van der Waals surface area (Å²) in [5.41, 5.74) is 0.690. The molecule has 1 saturated heterocycles. The second-order valence-electron chi connectivity index (χ2n) is 8.43. The number of hydrogen-bond donors (Lipinski definition) is 1. The highest BCUT2D eigenvalue weighted by atomic mass is 19.1. The van der Waals surface area contributed by atoms with E-state index in [2.05, 4.69) is 5.32 Å². The standard InChI is InChI=1S/C24H27FN4O3/c1-24-13-12-22(31)29(24)19-10-5-3-8-17(19)23(32)28(24)16-21(30)26-14-7-15-27(2)20-11-6-4-9-18(20)25/h3-6,8-11H,7,12-16H2,1-2H3,(H,26,30). The maximum atomic E-state index is 13.9. The summed E-state index contributed by atoms with van der Waals surface area (Å²) >= 11 is 0. The van der Waals surface area contributed by atoms with Crippen molar-refractivity contribution in [1.29, 1.82) is 0 Å². The molecule has 8 heteroatoms. The van der Waals surface area contributed by atoms with Crippen molar-refractivity contribution in [2.75, 3.05) is 36.5 Å². The molecule has 32 heavy (non-hydrogen) atoms. The molecule has 3 amide bonds. The summed E-state index contributed by atoms with van der Waals surface area (Å²) in [6, 6.07) is 13.6. The van der Waals surface area contributed by atoms with E-state index in [1.165, 1.54) is 11.0 Å². The van der Waals surface area contributed by atoms with Crippen molar-refractivity contribution in [3.05, 3.63) is 59.9 Å². The zero-order valence-corrected chi connectivity index (χ0v) is 18.3. The molecule has 0 aliphatic carbocycles. The zero-order valence-electron chi connectivity index (χ0n) is 18.3. The number of benzene rings is 2. The van der Waals surface area contributed by atoms with E-state index < -0.39 is 5.66 Å². The van der Waals surface area contributed by atoms with Crippen molar-refractivity contribution in [1.82, 2.24) is 10.2 Å². The maximum absolute atomic E-state index is 13.9. The van der Waals surface area contributed by atoms with E-state index in [-0.39, 0.29) is 30.1 Å². The van der Waals surface area contributed by atoms with Gasteiger partial charge in [0, 0.05) is 26.6 Å². The summed E-state index contributed by atoms with van der Waals surface area (Å²) in [6.45, 7) is 2.67. The van der Waals surface area contributed by atoms with E-state index >= 15 is 0 Å². The van der Waals surface area contributed by atoms with Gasteiger partial charge in [-0.1, -0.05) is 24.3 Å². The van der Waals surface area contributed by atoms with Gasteiger partial charge in [0.25, 0.3) is 5.91 Å². The minimum Gasteiger partial charge on any atom is -0.372 e. The number of para-hydroxylation sites is 2. The second-order valence-corrected chi connectivity index (χ2v) is 8.43. The predicted molar refractivity (Wildman–Crippen MR) is 120 cm³/mol. The lowest BCUT2D eigenvalue weighted by Crippen LogP contribution is -2.63. The molecule has 1 atom stereocenters. The average Bonchev–Trinajstić information content (AvgIpc) is 3.09. The molecular formula is C24H27FN4O3. The minimum absolute atomic E-state index is 0.0472. The highest BCUT2D eigenvalue weighted by molar-refractivity contribution is 6.11. The van der Waals surface area contributed by atoms with E-state index in [1.54, 1.807) is 59.3 Å². The maximum Gasteiger partial charge on any atom is 0.258 e. The summed E-state index contributed by atoms with van der Waals surface area (Å²) < 4.78 is 13.9. The highest BCUT2D eigenvalue weighted by Crippen LogP contribution is 2.43. The van der Waals surface area contributed by atoms with Crippen LogP contribution in [0.2, 0.25) is 0 Å². The fourth-order valence-corrected chi connectivity index (χ4v) is 4.57. The number of anilines is 2. The van der Waals surface area contributed by atoms with Crippen LogP contribution in [0.3, 0.4) is 0 Å². The molecule has 2 aliphatic rings. The largest absolute Gasteiger partial charge is 0.372 e. The summed E-state index contributed by atoms with van der Waals surface area (Å²) in [4.78, 5) is 43.4. The summed E-state index contributed by atoms with van der Waals surface area (Å²) in [7, 11) is 1.80. The molecule has 2 aliphatic heterocycles. The van der Waals surface area contributed by atoms with Crippen LogP contribution in [0.25, 0.3) is 0 Å². The molecule has 0 spiro atoms. The molecule has 4 rings (SSSR count). The van der Waals surface area contributed by atoms with Crippen molar-refractivity contribution in [2.45, 2.75) is 31.8 Å². The monoisotopic (exact) mass is 438 g/mol. The molecular weight excluding hydrogens is 411 g/mol. The number of carbonyl (C=O) groups is 3. The van der Waals surface area contributed by atoms with Gasteiger partial charge in [0.2, 0.25) is 11.8 Å². The Morgan fingerprint density at radius 2 is 1.88 bits per heavy atom. The molecule has 2 aromatic carbocycles. The van der Waals surface area contributed by atoms with E-state index in [9.17, 15) is 18.8 Å². The van der Waals surface area contributed by atoms with Gasteiger partial charge in [-0.25, -0.2) is 4.39 Å². The Morgan fingerprint density at radius 3 is 2.66 bits per heavy atom. The van der Waals surface area contributed by atoms with E-state index in [0.29, 0.717) is 49.3 Å². The Bertz CT molecular complexity index is 1060. The third kappa shape index (κ3) is 3.81. The Balaban J connectivity index is 1.37. The average molecular weight is 439 g/mol. The normalized spacial score (nSPS) is 19.6. The van der Waals surface area contributed by atoms with Crippen LogP contribution in [-0.2, 0) is 9.59 Å². The van der Waals surface area contributed by atoms with Crippen LogP contribution in [0.1, 0.15) is 36.5 Å². The SMILES string of the molecule is CN(CCCNC(=O)CN1C(=O)c2ccccc2N2C(=O)CCC12C)c1ccccc1F. The van der Waals surface area contributed by atoms with Gasteiger partial charge in [0.1, 0.15) is 18.0 Å². The number of halogens is 1. The zero-order chi connectivity index (χ0) is 22.9. The van der Waals surface area contributed by atoms with Crippen molar-refractivity contribution >= 4 is 29.1 Å². The number of carbonyl (C=O) groups excluding carboxylic acids is 3. The Hall–Kier alpha value is -3.42. The van der Waals surface area contributed by atoms with Crippen LogP contribution in [-0.4, -0.2) is 55.0 Å². The molecule has 2 aromatic rings. The summed E-state index contributed by atoms with van der Waals surface area (Å²) in [5.74, 6) is -0.865.